The summed E-state index contributed by atoms with van der Waals surface area (Å²) >= 11 is 0. The fraction of sp³-hybridized carbons (Fsp3) is 0.429. The summed E-state index contributed by atoms with van der Waals surface area (Å²) in [5.74, 6) is 11.1. The lowest BCUT2D eigenvalue weighted by Crippen LogP contribution is -2.29. The molecule has 0 amide bonds. The van der Waals surface area contributed by atoms with E-state index in [1.807, 2.05) is 24.3 Å². The molecule has 0 N–H and O–H groups in total. The lowest BCUT2D eigenvalue weighted by Gasteiger charge is -2.41. The molecule has 1 heteroatoms. The van der Waals surface area contributed by atoms with Gasteiger partial charge in [0.05, 0.1) is 0 Å². The molecule has 4 atom stereocenters. The van der Waals surface area contributed by atoms with E-state index in [9.17, 15) is 0 Å². The van der Waals surface area contributed by atoms with Crippen molar-refractivity contribution in [2.24, 2.45) is 17.8 Å². The van der Waals surface area contributed by atoms with Gasteiger partial charge >= 0.3 is 0 Å². The monoisotopic (exact) mass is 384 g/mol. The number of rotatable bonds is 4. The van der Waals surface area contributed by atoms with E-state index in [4.69, 9.17) is 4.74 Å². The number of hydrogen-bond acceptors (Lipinski definition) is 1. The van der Waals surface area contributed by atoms with E-state index in [2.05, 4.69) is 49.6 Å². The van der Waals surface area contributed by atoms with E-state index in [0.717, 1.165) is 40.5 Å². The van der Waals surface area contributed by atoms with Crippen LogP contribution >= 0.6 is 0 Å². The summed E-state index contributed by atoms with van der Waals surface area (Å²) in [6.45, 7) is 6.63. The molecular formula is C28H32O. The Labute approximate surface area is 176 Å². The van der Waals surface area contributed by atoms with Gasteiger partial charge in [-0.05, 0) is 97.7 Å². The van der Waals surface area contributed by atoms with Crippen LogP contribution in [0.5, 0.6) is 5.75 Å². The maximum Gasteiger partial charge on any atom is 0.119 e. The molecule has 2 aromatic rings. The van der Waals surface area contributed by atoms with Crippen LogP contribution in [0.15, 0.2) is 61.2 Å². The van der Waals surface area contributed by atoms with Crippen molar-refractivity contribution >= 4 is 0 Å². The van der Waals surface area contributed by atoms with Crippen molar-refractivity contribution in [1.82, 2.24) is 0 Å². The van der Waals surface area contributed by atoms with Gasteiger partial charge in [0.1, 0.15) is 12.4 Å². The van der Waals surface area contributed by atoms with Crippen LogP contribution in [0.1, 0.15) is 68.1 Å². The normalized spacial score (nSPS) is 26.0. The maximum absolute atomic E-state index is 5.52. The lowest BCUT2D eigenvalue weighted by atomic mass is 9.64. The van der Waals surface area contributed by atoms with Crippen molar-refractivity contribution in [3.05, 3.63) is 77.9 Å². The van der Waals surface area contributed by atoms with E-state index in [1.165, 1.54) is 44.1 Å². The van der Waals surface area contributed by atoms with Crippen molar-refractivity contribution in [3.8, 4) is 17.6 Å². The van der Waals surface area contributed by atoms with Crippen LogP contribution in [0.3, 0.4) is 0 Å². The molecule has 0 aromatic heterocycles. The van der Waals surface area contributed by atoms with Crippen LogP contribution < -0.4 is 4.74 Å². The van der Waals surface area contributed by atoms with Gasteiger partial charge in [0, 0.05) is 11.1 Å². The maximum atomic E-state index is 5.52. The highest BCUT2D eigenvalue weighted by Crippen LogP contribution is 2.47. The lowest BCUT2D eigenvalue weighted by molar-refractivity contribution is 0.124. The molecule has 2 saturated carbocycles. The first-order chi connectivity index (χ1) is 14.2. The molecule has 0 aliphatic heterocycles. The Morgan fingerprint density at radius 3 is 2.17 bits per heavy atom. The van der Waals surface area contributed by atoms with Gasteiger partial charge in [-0.15, -0.1) is 0 Å². The zero-order chi connectivity index (χ0) is 20.1. The fourth-order valence-corrected chi connectivity index (χ4v) is 5.20. The summed E-state index contributed by atoms with van der Waals surface area (Å²) in [6, 6.07) is 16.9. The molecular weight excluding hydrogens is 352 g/mol. The summed E-state index contributed by atoms with van der Waals surface area (Å²) in [4.78, 5) is 0. The predicted molar refractivity (Wildman–Crippen MR) is 121 cm³/mol. The molecule has 0 radical (unpaired) electrons. The molecule has 1 nitrogen and oxygen atoms in total. The van der Waals surface area contributed by atoms with Crippen molar-refractivity contribution in [3.63, 3.8) is 0 Å². The third-order valence-electron chi connectivity index (χ3n) is 6.83. The Morgan fingerprint density at radius 1 is 0.862 bits per heavy atom. The SMILES string of the molecule is C=CCOc1ccc(C#Cc2ccc([C@@H]3CC[C@@H]4CC(C)CC[C@@H]4C3)cc2)cc1. The van der Waals surface area contributed by atoms with Gasteiger partial charge < -0.3 is 4.74 Å². The van der Waals surface area contributed by atoms with Gasteiger partial charge in [0.25, 0.3) is 0 Å². The highest BCUT2D eigenvalue weighted by atomic mass is 16.5. The van der Waals surface area contributed by atoms with E-state index in [-0.39, 0.29) is 0 Å². The minimum absolute atomic E-state index is 0.527. The topological polar surface area (TPSA) is 9.23 Å². The smallest absolute Gasteiger partial charge is 0.119 e. The molecule has 2 fully saturated rings. The van der Waals surface area contributed by atoms with Gasteiger partial charge in [0.15, 0.2) is 0 Å². The number of benzene rings is 2. The van der Waals surface area contributed by atoms with E-state index < -0.39 is 0 Å². The molecule has 2 aliphatic carbocycles. The van der Waals surface area contributed by atoms with Gasteiger partial charge in [-0.25, -0.2) is 0 Å². The van der Waals surface area contributed by atoms with Gasteiger partial charge in [0.2, 0.25) is 0 Å². The Bertz CT molecular complexity index is 865. The minimum atomic E-state index is 0.527. The Hall–Kier alpha value is -2.46. The molecule has 2 aliphatic rings. The van der Waals surface area contributed by atoms with Crippen molar-refractivity contribution in [2.75, 3.05) is 6.61 Å². The number of ether oxygens (including phenoxy) is 1. The Morgan fingerprint density at radius 2 is 1.48 bits per heavy atom. The average molecular weight is 385 g/mol. The minimum Gasteiger partial charge on any atom is -0.490 e. The first-order valence-corrected chi connectivity index (χ1v) is 11.2. The van der Waals surface area contributed by atoms with Crippen LogP contribution in [-0.4, -0.2) is 6.61 Å². The average Bonchev–Trinajstić information content (AvgIpc) is 2.77. The van der Waals surface area contributed by atoms with Crippen LogP contribution in [-0.2, 0) is 0 Å². The van der Waals surface area contributed by atoms with E-state index in [0.29, 0.717) is 6.61 Å². The Kier molecular flexibility index (Phi) is 6.40. The van der Waals surface area contributed by atoms with E-state index in [1.54, 1.807) is 6.08 Å². The standard InChI is InChI=1S/C28H32O/c1-3-18-29-28-16-9-23(10-17-28)6-5-22-7-12-24(13-8-22)26-15-14-25-19-21(2)4-11-27(25)20-26/h3,7-10,12-13,16-17,21,25-27H,1,4,11,14-15,18-20H2,2H3/t21?,25-,26-,27-/m1/s1. The summed E-state index contributed by atoms with van der Waals surface area (Å²) in [7, 11) is 0. The predicted octanol–water partition coefficient (Wildman–Crippen LogP) is 6.97. The van der Waals surface area contributed by atoms with E-state index >= 15 is 0 Å². The second kappa shape index (κ2) is 9.36. The highest BCUT2D eigenvalue weighted by molar-refractivity contribution is 5.45. The molecule has 0 saturated heterocycles. The van der Waals surface area contributed by atoms with Gasteiger partial charge in [-0.2, -0.15) is 0 Å². The van der Waals surface area contributed by atoms with Gasteiger partial charge in [-0.3, -0.25) is 0 Å². The third-order valence-corrected chi connectivity index (χ3v) is 6.83. The number of fused-ring (bicyclic) bond motifs is 1. The fourth-order valence-electron chi connectivity index (χ4n) is 5.20. The summed E-state index contributed by atoms with van der Waals surface area (Å²) in [6.07, 6.45) is 10.3. The molecule has 150 valence electrons. The zero-order valence-electron chi connectivity index (χ0n) is 17.6. The molecule has 0 bridgehead atoms. The number of hydrogen-bond donors (Lipinski definition) is 0. The van der Waals surface area contributed by atoms with Crippen molar-refractivity contribution in [2.45, 2.75) is 51.4 Å². The third kappa shape index (κ3) is 5.13. The second-order valence-corrected chi connectivity index (χ2v) is 8.94. The summed E-state index contributed by atoms with van der Waals surface area (Å²) in [5, 5.41) is 0. The Balaban J connectivity index is 1.36. The quantitative estimate of drug-likeness (QED) is 0.408. The van der Waals surface area contributed by atoms with Crippen molar-refractivity contribution in [1.29, 1.82) is 0 Å². The van der Waals surface area contributed by atoms with Crippen LogP contribution in [0.2, 0.25) is 0 Å². The highest BCUT2D eigenvalue weighted by Gasteiger charge is 2.34. The van der Waals surface area contributed by atoms with Crippen LogP contribution in [0.25, 0.3) is 0 Å². The summed E-state index contributed by atoms with van der Waals surface area (Å²) in [5.41, 5.74) is 3.60. The molecule has 4 rings (SSSR count). The second-order valence-electron chi connectivity index (χ2n) is 8.94. The first kappa shape index (κ1) is 19.8. The van der Waals surface area contributed by atoms with Gasteiger partial charge in [-0.1, -0.05) is 50.0 Å². The summed E-state index contributed by atoms with van der Waals surface area (Å²) < 4.78 is 5.52. The van der Waals surface area contributed by atoms with Crippen molar-refractivity contribution < 1.29 is 4.74 Å². The largest absolute Gasteiger partial charge is 0.490 e. The first-order valence-electron chi connectivity index (χ1n) is 11.2. The van der Waals surface area contributed by atoms with Crippen LogP contribution in [0, 0.1) is 29.6 Å². The molecule has 0 spiro atoms. The molecule has 1 unspecified atom stereocenters. The zero-order valence-corrected chi connectivity index (χ0v) is 17.6. The molecule has 29 heavy (non-hydrogen) atoms. The molecule has 2 aromatic carbocycles. The molecule has 0 heterocycles. The van der Waals surface area contributed by atoms with Crippen LogP contribution in [0.4, 0.5) is 0 Å².